The van der Waals surface area contributed by atoms with Crippen LogP contribution in [0.2, 0.25) is 5.02 Å². The van der Waals surface area contributed by atoms with Crippen LogP contribution in [-0.4, -0.2) is 12.5 Å². The predicted octanol–water partition coefficient (Wildman–Crippen LogP) is 3.71. The molecule has 4 nitrogen and oxygen atoms in total. The molecule has 1 amide bonds. The van der Waals surface area contributed by atoms with Gasteiger partial charge in [-0.05, 0) is 31.2 Å². The Labute approximate surface area is 126 Å². The summed E-state index contributed by atoms with van der Waals surface area (Å²) in [5.74, 6) is -0.651. The molecule has 0 aliphatic heterocycles. The summed E-state index contributed by atoms with van der Waals surface area (Å²) in [6.45, 7) is 2.27. The van der Waals surface area contributed by atoms with E-state index >= 15 is 0 Å². The summed E-state index contributed by atoms with van der Waals surface area (Å²) in [6.07, 6.45) is 0. The Kier molecular flexibility index (Phi) is 4.65. The lowest BCUT2D eigenvalue weighted by Gasteiger charge is -2.10. The number of benzene rings is 2. The zero-order valence-corrected chi connectivity index (χ0v) is 12.1. The van der Waals surface area contributed by atoms with Crippen molar-refractivity contribution in [2.75, 3.05) is 17.7 Å². The highest BCUT2D eigenvalue weighted by atomic mass is 35.5. The third-order valence-corrected chi connectivity index (χ3v) is 3.02. The molecule has 0 atom stereocenters. The smallest absolute Gasteiger partial charge is 0.255 e. The predicted molar refractivity (Wildman–Crippen MR) is 81.4 cm³/mol. The number of ether oxygens (including phenoxy) is 1. The highest BCUT2D eigenvalue weighted by molar-refractivity contribution is 6.34. The number of halogens is 2. The fourth-order valence-electron chi connectivity index (χ4n) is 1.81. The van der Waals surface area contributed by atoms with Gasteiger partial charge in [0.1, 0.15) is 11.6 Å². The number of hydrogen-bond donors (Lipinski definition) is 2. The van der Waals surface area contributed by atoms with Gasteiger partial charge in [0.25, 0.3) is 5.91 Å². The zero-order valence-electron chi connectivity index (χ0n) is 11.3. The second-order valence-corrected chi connectivity index (χ2v) is 4.68. The molecule has 0 radical (unpaired) electrons. The Balaban J connectivity index is 2.28. The van der Waals surface area contributed by atoms with Crippen LogP contribution in [0.1, 0.15) is 17.3 Å². The van der Waals surface area contributed by atoms with E-state index in [9.17, 15) is 9.18 Å². The first kappa shape index (κ1) is 15.1. The minimum absolute atomic E-state index is 0.0652. The van der Waals surface area contributed by atoms with Gasteiger partial charge in [0.2, 0.25) is 0 Å². The molecular formula is C15H14ClFN2O2. The monoisotopic (exact) mass is 308 g/mol. The van der Waals surface area contributed by atoms with Gasteiger partial charge in [-0.15, -0.1) is 0 Å². The number of nitrogens with two attached hydrogens (primary N) is 1. The van der Waals surface area contributed by atoms with Crippen LogP contribution in [0.5, 0.6) is 5.75 Å². The van der Waals surface area contributed by atoms with E-state index in [1.165, 1.54) is 30.3 Å². The molecule has 6 heteroatoms. The third-order valence-electron chi connectivity index (χ3n) is 2.70. The standard InChI is InChI=1S/C15H14ClFN2O2/c1-2-21-11-7-9(6-10(18)8-11)15(20)19-14-12(16)4-3-5-13(14)17/h3-8H,2,18H2,1H3,(H,19,20). The topological polar surface area (TPSA) is 64.3 Å². The average Bonchev–Trinajstić information content (AvgIpc) is 2.42. The molecule has 3 N–H and O–H groups in total. The van der Waals surface area contributed by atoms with Gasteiger partial charge in [-0.3, -0.25) is 4.79 Å². The van der Waals surface area contributed by atoms with Gasteiger partial charge < -0.3 is 15.8 Å². The van der Waals surface area contributed by atoms with Gasteiger partial charge in [-0.25, -0.2) is 4.39 Å². The second-order valence-electron chi connectivity index (χ2n) is 4.27. The molecule has 0 unspecified atom stereocenters. The maximum atomic E-state index is 13.7. The summed E-state index contributed by atoms with van der Waals surface area (Å²) in [7, 11) is 0. The molecule has 0 spiro atoms. The quantitative estimate of drug-likeness (QED) is 0.846. The summed E-state index contributed by atoms with van der Waals surface area (Å²) in [5, 5.41) is 2.56. The van der Waals surface area contributed by atoms with Crippen molar-refractivity contribution >= 4 is 28.9 Å². The van der Waals surface area contributed by atoms with Crippen LogP contribution in [0.15, 0.2) is 36.4 Å². The molecule has 0 fully saturated rings. The molecular weight excluding hydrogens is 295 g/mol. The van der Waals surface area contributed by atoms with E-state index in [-0.39, 0.29) is 16.3 Å². The molecule has 0 aliphatic carbocycles. The van der Waals surface area contributed by atoms with Gasteiger partial charge in [0.15, 0.2) is 0 Å². The average molecular weight is 309 g/mol. The first-order valence-electron chi connectivity index (χ1n) is 6.30. The fourth-order valence-corrected chi connectivity index (χ4v) is 2.02. The van der Waals surface area contributed by atoms with Crippen LogP contribution < -0.4 is 15.8 Å². The van der Waals surface area contributed by atoms with E-state index in [0.717, 1.165) is 0 Å². The van der Waals surface area contributed by atoms with Crippen molar-refractivity contribution in [1.29, 1.82) is 0 Å². The highest BCUT2D eigenvalue weighted by Gasteiger charge is 2.13. The van der Waals surface area contributed by atoms with E-state index in [0.29, 0.717) is 18.0 Å². The number of hydrogen-bond acceptors (Lipinski definition) is 3. The SMILES string of the molecule is CCOc1cc(N)cc(C(=O)Nc2c(F)cccc2Cl)c1. The molecule has 0 heterocycles. The zero-order chi connectivity index (χ0) is 15.4. The Morgan fingerprint density at radius 2 is 2.14 bits per heavy atom. The largest absolute Gasteiger partial charge is 0.494 e. The lowest BCUT2D eigenvalue weighted by atomic mass is 10.1. The molecule has 2 aromatic rings. The molecule has 0 saturated heterocycles. The van der Waals surface area contributed by atoms with Gasteiger partial charge in [-0.2, -0.15) is 0 Å². The van der Waals surface area contributed by atoms with Crippen LogP contribution in [-0.2, 0) is 0 Å². The second kappa shape index (κ2) is 6.45. The van der Waals surface area contributed by atoms with E-state index in [2.05, 4.69) is 5.32 Å². The summed E-state index contributed by atoms with van der Waals surface area (Å²) < 4.78 is 19.0. The van der Waals surface area contributed by atoms with E-state index in [1.54, 1.807) is 6.07 Å². The van der Waals surface area contributed by atoms with Crippen molar-refractivity contribution in [3.63, 3.8) is 0 Å². The van der Waals surface area contributed by atoms with Gasteiger partial charge >= 0.3 is 0 Å². The van der Waals surface area contributed by atoms with Crippen molar-refractivity contribution in [1.82, 2.24) is 0 Å². The van der Waals surface area contributed by atoms with E-state index in [1.807, 2.05) is 6.92 Å². The van der Waals surface area contributed by atoms with E-state index in [4.69, 9.17) is 22.1 Å². The number of nitrogens with one attached hydrogen (secondary N) is 1. The molecule has 110 valence electrons. The van der Waals surface area contributed by atoms with Crippen molar-refractivity contribution in [3.05, 3.63) is 52.8 Å². The Hall–Kier alpha value is -2.27. The first-order chi connectivity index (χ1) is 10.0. The van der Waals surface area contributed by atoms with Crippen LogP contribution >= 0.6 is 11.6 Å². The van der Waals surface area contributed by atoms with Gasteiger partial charge in [0, 0.05) is 17.3 Å². The van der Waals surface area contributed by atoms with E-state index < -0.39 is 11.7 Å². The number of amides is 1. The molecule has 21 heavy (non-hydrogen) atoms. The molecule has 0 bridgehead atoms. The molecule has 0 aromatic heterocycles. The molecule has 2 aromatic carbocycles. The van der Waals surface area contributed by atoms with Crippen molar-refractivity contribution in [2.24, 2.45) is 0 Å². The number of nitrogen functional groups attached to an aromatic ring is 1. The van der Waals surface area contributed by atoms with Crippen molar-refractivity contribution in [2.45, 2.75) is 6.92 Å². The number of anilines is 2. The Morgan fingerprint density at radius 3 is 2.81 bits per heavy atom. The lowest BCUT2D eigenvalue weighted by molar-refractivity contribution is 0.102. The molecule has 0 aliphatic rings. The number of para-hydroxylation sites is 1. The Morgan fingerprint density at radius 1 is 1.38 bits per heavy atom. The van der Waals surface area contributed by atoms with Crippen molar-refractivity contribution < 1.29 is 13.9 Å². The Bertz CT molecular complexity index is 656. The number of carbonyl (C=O) groups is 1. The maximum Gasteiger partial charge on any atom is 0.255 e. The van der Waals surface area contributed by atoms with Gasteiger partial charge in [0.05, 0.1) is 17.3 Å². The van der Waals surface area contributed by atoms with Crippen LogP contribution in [0.3, 0.4) is 0 Å². The minimum Gasteiger partial charge on any atom is -0.494 e. The lowest BCUT2D eigenvalue weighted by Crippen LogP contribution is -2.14. The molecule has 2 rings (SSSR count). The number of rotatable bonds is 4. The fraction of sp³-hybridized carbons (Fsp3) is 0.133. The third kappa shape index (κ3) is 3.64. The summed E-state index contributed by atoms with van der Waals surface area (Å²) in [6, 6.07) is 8.78. The van der Waals surface area contributed by atoms with Crippen LogP contribution in [0.25, 0.3) is 0 Å². The van der Waals surface area contributed by atoms with Crippen LogP contribution in [0.4, 0.5) is 15.8 Å². The maximum absolute atomic E-state index is 13.7. The van der Waals surface area contributed by atoms with Crippen molar-refractivity contribution in [3.8, 4) is 5.75 Å². The summed E-state index contributed by atoms with van der Waals surface area (Å²) in [4.78, 5) is 12.2. The highest BCUT2D eigenvalue weighted by Crippen LogP contribution is 2.26. The number of carbonyl (C=O) groups excluding carboxylic acids is 1. The first-order valence-corrected chi connectivity index (χ1v) is 6.67. The summed E-state index contributed by atoms with van der Waals surface area (Å²) in [5.41, 5.74) is 6.30. The summed E-state index contributed by atoms with van der Waals surface area (Å²) >= 11 is 5.87. The normalized spacial score (nSPS) is 10.2. The van der Waals surface area contributed by atoms with Crippen LogP contribution in [0, 0.1) is 5.82 Å². The minimum atomic E-state index is -0.607. The van der Waals surface area contributed by atoms with Gasteiger partial charge in [-0.1, -0.05) is 17.7 Å². The molecule has 0 saturated carbocycles.